The SMILES string of the molecule is CCC1OCCC1CNC(=O)c1cc(NN)ccn1. The number of carbonyl (C=O) groups excluding carboxylic acids is 1. The van der Waals surface area contributed by atoms with Crippen LogP contribution in [0.3, 0.4) is 0 Å². The molecule has 1 aromatic heterocycles. The predicted molar refractivity (Wildman–Crippen MR) is 72.5 cm³/mol. The smallest absolute Gasteiger partial charge is 0.269 e. The third-order valence-electron chi connectivity index (χ3n) is 3.43. The van der Waals surface area contributed by atoms with Crippen LogP contribution in [0.15, 0.2) is 18.3 Å². The highest BCUT2D eigenvalue weighted by Gasteiger charge is 2.27. The number of carbonyl (C=O) groups is 1. The van der Waals surface area contributed by atoms with Crippen LogP contribution < -0.4 is 16.6 Å². The Morgan fingerprint density at radius 2 is 2.47 bits per heavy atom. The van der Waals surface area contributed by atoms with Crippen LogP contribution in [0, 0.1) is 5.92 Å². The van der Waals surface area contributed by atoms with E-state index in [1.165, 1.54) is 0 Å². The number of amides is 1. The monoisotopic (exact) mass is 264 g/mol. The van der Waals surface area contributed by atoms with Crippen molar-refractivity contribution in [1.82, 2.24) is 10.3 Å². The molecule has 2 atom stereocenters. The molecule has 1 saturated heterocycles. The number of nitrogens with zero attached hydrogens (tertiary/aromatic N) is 1. The number of anilines is 1. The van der Waals surface area contributed by atoms with Crippen LogP contribution in [0.2, 0.25) is 0 Å². The molecular formula is C13H20N4O2. The number of hydrogen-bond donors (Lipinski definition) is 3. The second kappa shape index (κ2) is 6.49. The van der Waals surface area contributed by atoms with Crippen LogP contribution in [0.1, 0.15) is 30.3 Å². The molecule has 4 N–H and O–H groups in total. The lowest BCUT2D eigenvalue weighted by molar-refractivity contribution is 0.0825. The molecule has 104 valence electrons. The first-order chi connectivity index (χ1) is 9.24. The number of hydrogen-bond acceptors (Lipinski definition) is 5. The van der Waals surface area contributed by atoms with E-state index in [0.717, 1.165) is 19.4 Å². The van der Waals surface area contributed by atoms with Gasteiger partial charge in [-0.05, 0) is 25.0 Å². The van der Waals surface area contributed by atoms with Crippen molar-refractivity contribution in [1.29, 1.82) is 0 Å². The molecule has 1 aromatic rings. The van der Waals surface area contributed by atoms with Crippen LogP contribution >= 0.6 is 0 Å². The molecule has 19 heavy (non-hydrogen) atoms. The Bertz CT molecular complexity index is 438. The van der Waals surface area contributed by atoms with E-state index >= 15 is 0 Å². The quantitative estimate of drug-likeness (QED) is 0.543. The number of hydrazine groups is 1. The molecule has 1 aliphatic heterocycles. The third-order valence-corrected chi connectivity index (χ3v) is 3.43. The minimum atomic E-state index is -0.182. The standard InChI is InChI=1S/C13H20N4O2/c1-2-12-9(4-6-19-12)8-16-13(18)11-7-10(17-14)3-5-15-11/h3,5,7,9,12H,2,4,6,8,14H2,1H3,(H,15,17)(H,16,18). The molecule has 1 aliphatic rings. The summed E-state index contributed by atoms with van der Waals surface area (Å²) in [4.78, 5) is 16.0. The van der Waals surface area contributed by atoms with Gasteiger partial charge in [-0.3, -0.25) is 15.6 Å². The predicted octanol–water partition coefficient (Wildman–Crippen LogP) is 0.912. The fourth-order valence-corrected chi connectivity index (χ4v) is 2.34. The Kier molecular flexibility index (Phi) is 4.70. The van der Waals surface area contributed by atoms with Gasteiger partial charge in [-0.2, -0.15) is 0 Å². The molecule has 0 radical (unpaired) electrons. The van der Waals surface area contributed by atoms with Gasteiger partial charge >= 0.3 is 0 Å². The summed E-state index contributed by atoms with van der Waals surface area (Å²) in [5.41, 5.74) is 3.52. The zero-order valence-electron chi connectivity index (χ0n) is 11.1. The summed E-state index contributed by atoms with van der Waals surface area (Å²) in [6.07, 6.45) is 3.78. The normalized spacial score (nSPS) is 22.2. The number of ether oxygens (including phenoxy) is 1. The van der Waals surface area contributed by atoms with Gasteiger partial charge in [0.15, 0.2) is 0 Å². The van der Waals surface area contributed by atoms with Gasteiger partial charge in [-0.25, -0.2) is 0 Å². The summed E-state index contributed by atoms with van der Waals surface area (Å²) in [7, 11) is 0. The minimum Gasteiger partial charge on any atom is -0.378 e. The van der Waals surface area contributed by atoms with E-state index in [-0.39, 0.29) is 12.0 Å². The Hall–Kier alpha value is -1.66. The van der Waals surface area contributed by atoms with Gasteiger partial charge < -0.3 is 15.5 Å². The molecule has 0 bridgehead atoms. The molecule has 1 fully saturated rings. The van der Waals surface area contributed by atoms with E-state index in [4.69, 9.17) is 10.6 Å². The maximum Gasteiger partial charge on any atom is 0.269 e. The average Bonchev–Trinajstić information content (AvgIpc) is 2.92. The molecule has 0 aromatic carbocycles. The lowest BCUT2D eigenvalue weighted by Gasteiger charge is -2.17. The lowest BCUT2D eigenvalue weighted by atomic mass is 10.00. The van der Waals surface area contributed by atoms with Crippen LogP contribution in [-0.2, 0) is 4.74 Å². The topological polar surface area (TPSA) is 89.3 Å². The Morgan fingerprint density at radius 1 is 1.63 bits per heavy atom. The second-order valence-corrected chi connectivity index (χ2v) is 4.65. The number of aromatic nitrogens is 1. The number of nitrogens with two attached hydrogens (primary N) is 1. The van der Waals surface area contributed by atoms with Crippen molar-refractivity contribution in [3.63, 3.8) is 0 Å². The first kappa shape index (κ1) is 13.8. The zero-order chi connectivity index (χ0) is 13.7. The van der Waals surface area contributed by atoms with E-state index in [1.54, 1.807) is 18.3 Å². The highest BCUT2D eigenvalue weighted by molar-refractivity contribution is 5.93. The molecule has 1 amide bonds. The molecule has 6 heteroatoms. The maximum atomic E-state index is 12.0. The largest absolute Gasteiger partial charge is 0.378 e. The summed E-state index contributed by atoms with van der Waals surface area (Å²) >= 11 is 0. The summed E-state index contributed by atoms with van der Waals surface area (Å²) in [6, 6.07) is 3.33. The van der Waals surface area contributed by atoms with Crippen molar-refractivity contribution in [2.45, 2.75) is 25.9 Å². The highest BCUT2D eigenvalue weighted by Crippen LogP contribution is 2.22. The van der Waals surface area contributed by atoms with Gasteiger partial charge in [0.1, 0.15) is 5.69 Å². The minimum absolute atomic E-state index is 0.182. The molecule has 0 spiro atoms. The second-order valence-electron chi connectivity index (χ2n) is 4.65. The van der Waals surface area contributed by atoms with Crippen molar-refractivity contribution < 1.29 is 9.53 Å². The molecule has 2 rings (SSSR count). The average molecular weight is 264 g/mol. The van der Waals surface area contributed by atoms with Crippen molar-refractivity contribution in [2.75, 3.05) is 18.6 Å². The van der Waals surface area contributed by atoms with Gasteiger partial charge in [0.05, 0.1) is 11.8 Å². The fraction of sp³-hybridized carbons (Fsp3) is 0.538. The van der Waals surface area contributed by atoms with Crippen LogP contribution in [-0.4, -0.2) is 30.1 Å². The highest BCUT2D eigenvalue weighted by atomic mass is 16.5. The van der Waals surface area contributed by atoms with Gasteiger partial charge in [-0.1, -0.05) is 6.92 Å². The van der Waals surface area contributed by atoms with Crippen LogP contribution in [0.5, 0.6) is 0 Å². The Balaban J connectivity index is 1.90. The van der Waals surface area contributed by atoms with E-state index in [0.29, 0.717) is 23.8 Å². The molecule has 2 unspecified atom stereocenters. The number of rotatable bonds is 5. The number of nitrogen functional groups attached to an aromatic ring is 1. The summed E-state index contributed by atoms with van der Waals surface area (Å²) in [5.74, 6) is 5.51. The van der Waals surface area contributed by atoms with Gasteiger partial charge in [0.25, 0.3) is 5.91 Å². The Labute approximate surface area is 112 Å². The molecule has 0 saturated carbocycles. The first-order valence-electron chi connectivity index (χ1n) is 6.57. The van der Waals surface area contributed by atoms with Gasteiger partial charge in [0, 0.05) is 25.3 Å². The molecule has 0 aliphatic carbocycles. The van der Waals surface area contributed by atoms with Crippen molar-refractivity contribution in [2.24, 2.45) is 11.8 Å². The lowest BCUT2D eigenvalue weighted by Crippen LogP contribution is -2.33. The Morgan fingerprint density at radius 3 is 3.21 bits per heavy atom. The fourth-order valence-electron chi connectivity index (χ4n) is 2.34. The van der Waals surface area contributed by atoms with Crippen molar-refractivity contribution in [3.05, 3.63) is 24.0 Å². The van der Waals surface area contributed by atoms with Crippen LogP contribution in [0.25, 0.3) is 0 Å². The summed E-state index contributed by atoms with van der Waals surface area (Å²) < 4.78 is 5.60. The summed E-state index contributed by atoms with van der Waals surface area (Å²) in [5, 5.41) is 2.91. The van der Waals surface area contributed by atoms with Gasteiger partial charge in [-0.15, -0.1) is 0 Å². The number of nitrogens with one attached hydrogen (secondary N) is 2. The number of pyridine rings is 1. The molecule has 6 nitrogen and oxygen atoms in total. The first-order valence-corrected chi connectivity index (χ1v) is 6.57. The molecular weight excluding hydrogens is 244 g/mol. The third kappa shape index (κ3) is 3.42. The van der Waals surface area contributed by atoms with Crippen LogP contribution in [0.4, 0.5) is 5.69 Å². The summed E-state index contributed by atoms with van der Waals surface area (Å²) in [6.45, 7) is 3.51. The molecule has 2 heterocycles. The van der Waals surface area contributed by atoms with E-state index in [2.05, 4.69) is 22.7 Å². The van der Waals surface area contributed by atoms with Crippen molar-refractivity contribution in [3.8, 4) is 0 Å². The van der Waals surface area contributed by atoms with E-state index in [1.807, 2.05) is 0 Å². The van der Waals surface area contributed by atoms with Crippen molar-refractivity contribution >= 4 is 11.6 Å². The van der Waals surface area contributed by atoms with E-state index < -0.39 is 0 Å². The zero-order valence-corrected chi connectivity index (χ0v) is 11.1. The van der Waals surface area contributed by atoms with E-state index in [9.17, 15) is 4.79 Å². The maximum absolute atomic E-state index is 12.0. The van der Waals surface area contributed by atoms with Gasteiger partial charge in [0.2, 0.25) is 0 Å².